The quantitative estimate of drug-likeness (QED) is 0.872. The molecule has 4 nitrogen and oxygen atoms in total. The molecule has 1 aromatic rings. The first-order chi connectivity index (χ1) is 8.72. The van der Waals surface area contributed by atoms with Crippen LogP contribution in [0.5, 0.6) is 0 Å². The van der Waals surface area contributed by atoms with Gasteiger partial charge in [-0.25, -0.2) is 4.98 Å². The molecule has 5 heteroatoms. The largest absolute Gasteiger partial charge is 0.335 e. The van der Waals surface area contributed by atoms with Crippen molar-refractivity contribution in [2.24, 2.45) is 5.73 Å². The van der Waals surface area contributed by atoms with Crippen molar-refractivity contribution in [3.05, 3.63) is 18.2 Å². The number of thioether (sulfide) groups is 1. The summed E-state index contributed by atoms with van der Waals surface area (Å²) in [6.07, 6.45) is 5.96. The summed E-state index contributed by atoms with van der Waals surface area (Å²) in [5.74, 6) is 3.50. The third-order valence-corrected chi connectivity index (χ3v) is 4.67. The Morgan fingerprint density at radius 2 is 2.44 bits per heavy atom. The summed E-state index contributed by atoms with van der Waals surface area (Å²) in [5, 5.41) is 0. The lowest BCUT2D eigenvalue weighted by atomic mass is 10.1. The highest BCUT2D eigenvalue weighted by Crippen LogP contribution is 2.18. The Bertz CT molecular complexity index is 366. The number of nitrogens with two attached hydrogens (primary N) is 1. The van der Waals surface area contributed by atoms with E-state index in [1.165, 1.54) is 5.75 Å². The molecular formula is C13H24N4S. The lowest BCUT2D eigenvalue weighted by molar-refractivity contribution is 0.233. The predicted molar refractivity (Wildman–Crippen MR) is 77.9 cm³/mol. The Morgan fingerprint density at radius 3 is 3.17 bits per heavy atom. The van der Waals surface area contributed by atoms with Crippen LogP contribution in [0.15, 0.2) is 12.4 Å². The van der Waals surface area contributed by atoms with E-state index in [0.29, 0.717) is 6.04 Å². The van der Waals surface area contributed by atoms with Gasteiger partial charge in [-0.2, -0.15) is 11.8 Å². The van der Waals surface area contributed by atoms with E-state index in [4.69, 9.17) is 5.73 Å². The van der Waals surface area contributed by atoms with Gasteiger partial charge in [0.05, 0.1) is 0 Å². The SMILES string of the molecule is CCCn1ccnc1CC(N)C1CSCCN1C. The second kappa shape index (κ2) is 6.59. The molecule has 2 unspecified atom stereocenters. The van der Waals surface area contributed by atoms with Gasteiger partial charge in [-0.15, -0.1) is 0 Å². The summed E-state index contributed by atoms with van der Waals surface area (Å²) in [6, 6.07) is 0.663. The Balaban J connectivity index is 1.97. The predicted octanol–water partition coefficient (Wildman–Crippen LogP) is 1.21. The summed E-state index contributed by atoms with van der Waals surface area (Å²) in [7, 11) is 2.18. The van der Waals surface area contributed by atoms with Crippen molar-refractivity contribution in [2.75, 3.05) is 25.1 Å². The summed E-state index contributed by atoms with van der Waals surface area (Å²) < 4.78 is 2.23. The van der Waals surface area contributed by atoms with Crippen LogP contribution in [0.3, 0.4) is 0 Å². The first-order valence-corrected chi connectivity index (χ1v) is 7.91. The van der Waals surface area contributed by atoms with Crippen LogP contribution in [0.4, 0.5) is 0 Å². The van der Waals surface area contributed by atoms with Crippen molar-refractivity contribution in [3.63, 3.8) is 0 Å². The lowest BCUT2D eigenvalue weighted by Gasteiger charge is -2.36. The average molecular weight is 268 g/mol. The number of rotatable bonds is 5. The van der Waals surface area contributed by atoms with Gasteiger partial charge < -0.3 is 15.2 Å². The third kappa shape index (κ3) is 3.28. The van der Waals surface area contributed by atoms with Gasteiger partial charge in [0.25, 0.3) is 0 Å². The summed E-state index contributed by atoms with van der Waals surface area (Å²) in [5.41, 5.74) is 6.39. The Kier molecular flexibility index (Phi) is 5.09. The third-order valence-electron chi connectivity index (χ3n) is 3.62. The molecule has 0 aliphatic carbocycles. The van der Waals surface area contributed by atoms with Gasteiger partial charge in [-0.3, -0.25) is 0 Å². The normalized spacial score (nSPS) is 23.2. The maximum atomic E-state index is 6.39. The molecule has 18 heavy (non-hydrogen) atoms. The molecule has 1 aromatic heterocycles. The molecule has 1 saturated heterocycles. The summed E-state index contributed by atoms with van der Waals surface area (Å²) in [4.78, 5) is 6.85. The average Bonchev–Trinajstić information content (AvgIpc) is 2.78. The van der Waals surface area contributed by atoms with Crippen LogP contribution in [0.1, 0.15) is 19.2 Å². The first-order valence-electron chi connectivity index (χ1n) is 6.76. The molecule has 0 bridgehead atoms. The number of aromatic nitrogens is 2. The van der Waals surface area contributed by atoms with Crippen molar-refractivity contribution in [3.8, 4) is 0 Å². The fourth-order valence-electron chi connectivity index (χ4n) is 2.48. The smallest absolute Gasteiger partial charge is 0.110 e. The highest BCUT2D eigenvalue weighted by atomic mass is 32.2. The number of hydrogen-bond acceptors (Lipinski definition) is 4. The van der Waals surface area contributed by atoms with Gasteiger partial charge in [0.15, 0.2) is 0 Å². The number of nitrogens with zero attached hydrogens (tertiary/aromatic N) is 3. The second-order valence-electron chi connectivity index (χ2n) is 5.03. The molecule has 1 fully saturated rings. The van der Waals surface area contributed by atoms with E-state index in [1.54, 1.807) is 0 Å². The highest BCUT2D eigenvalue weighted by Gasteiger charge is 2.26. The molecule has 102 valence electrons. The summed E-state index contributed by atoms with van der Waals surface area (Å²) >= 11 is 2.01. The van der Waals surface area contributed by atoms with Crippen LogP contribution < -0.4 is 5.73 Å². The zero-order chi connectivity index (χ0) is 13.0. The van der Waals surface area contributed by atoms with Crippen LogP contribution in [-0.4, -0.2) is 51.6 Å². The number of imidazole rings is 1. The van der Waals surface area contributed by atoms with E-state index in [0.717, 1.165) is 37.5 Å². The van der Waals surface area contributed by atoms with Crippen molar-refractivity contribution in [2.45, 2.75) is 38.4 Å². The maximum absolute atomic E-state index is 6.39. The second-order valence-corrected chi connectivity index (χ2v) is 6.18. The van der Waals surface area contributed by atoms with Crippen molar-refractivity contribution in [1.29, 1.82) is 0 Å². The van der Waals surface area contributed by atoms with Crippen molar-refractivity contribution < 1.29 is 0 Å². The van der Waals surface area contributed by atoms with Crippen molar-refractivity contribution in [1.82, 2.24) is 14.5 Å². The van der Waals surface area contributed by atoms with Crippen LogP contribution in [0.25, 0.3) is 0 Å². The standard InChI is InChI=1S/C13H24N4S/c1-3-5-17-6-4-15-13(17)9-11(14)12-10-18-8-7-16(12)2/h4,6,11-12H,3,5,7-10,14H2,1-2H3. The van der Waals surface area contributed by atoms with Gasteiger partial charge in [0, 0.05) is 55.5 Å². The first kappa shape index (κ1) is 13.9. The van der Waals surface area contributed by atoms with E-state index in [2.05, 4.69) is 34.6 Å². The molecular weight excluding hydrogens is 244 g/mol. The molecule has 2 N–H and O–H groups in total. The van der Waals surface area contributed by atoms with Gasteiger partial charge in [0.1, 0.15) is 5.82 Å². The number of aryl methyl sites for hydroxylation is 1. The summed E-state index contributed by atoms with van der Waals surface area (Å²) in [6.45, 7) is 4.37. The minimum absolute atomic E-state index is 0.181. The molecule has 0 aromatic carbocycles. The van der Waals surface area contributed by atoms with Crippen molar-refractivity contribution >= 4 is 11.8 Å². The maximum Gasteiger partial charge on any atom is 0.110 e. The molecule has 0 saturated carbocycles. The number of likely N-dealkylation sites (N-methyl/N-ethyl adjacent to an activating group) is 1. The molecule has 2 rings (SSSR count). The van der Waals surface area contributed by atoms with Crippen LogP contribution in [-0.2, 0) is 13.0 Å². The zero-order valence-corrected chi connectivity index (χ0v) is 12.2. The van der Waals surface area contributed by atoms with E-state index in [9.17, 15) is 0 Å². The van der Waals surface area contributed by atoms with Gasteiger partial charge in [-0.05, 0) is 13.5 Å². The highest BCUT2D eigenvalue weighted by molar-refractivity contribution is 7.99. The lowest BCUT2D eigenvalue weighted by Crippen LogP contribution is -2.51. The minimum atomic E-state index is 0.181. The monoisotopic (exact) mass is 268 g/mol. The minimum Gasteiger partial charge on any atom is -0.335 e. The molecule has 0 spiro atoms. The molecule has 1 aliphatic heterocycles. The molecule has 2 heterocycles. The van der Waals surface area contributed by atoms with Crippen LogP contribution in [0.2, 0.25) is 0 Å². The van der Waals surface area contributed by atoms with Gasteiger partial charge in [0.2, 0.25) is 0 Å². The topological polar surface area (TPSA) is 47.1 Å². The van der Waals surface area contributed by atoms with Gasteiger partial charge in [-0.1, -0.05) is 6.92 Å². The zero-order valence-electron chi connectivity index (χ0n) is 11.4. The van der Waals surface area contributed by atoms with E-state index >= 15 is 0 Å². The molecule has 1 aliphatic rings. The fourth-order valence-corrected chi connectivity index (χ4v) is 3.80. The Hall–Kier alpha value is -0.520. The number of hydrogen-bond donors (Lipinski definition) is 1. The van der Waals surface area contributed by atoms with E-state index in [-0.39, 0.29) is 6.04 Å². The van der Waals surface area contributed by atoms with E-state index in [1.807, 2.05) is 18.0 Å². The van der Waals surface area contributed by atoms with Crippen LogP contribution >= 0.6 is 11.8 Å². The molecule has 0 amide bonds. The Morgan fingerprint density at radius 1 is 1.61 bits per heavy atom. The Labute approximate surface area is 114 Å². The van der Waals surface area contributed by atoms with Crippen LogP contribution in [0, 0.1) is 0 Å². The van der Waals surface area contributed by atoms with Gasteiger partial charge >= 0.3 is 0 Å². The molecule has 0 radical (unpaired) electrons. The fraction of sp³-hybridized carbons (Fsp3) is 0.769. The molecule has 2 atom stereocenters. The van der Waals surface area contributed by atoms with E-state index < -0.39 is 0 Å².